The van der Waals surface area contributed by atoms with Gasteiger partial charge in [0, 0.05) is 0 Å². The molecule has 0 heterocycles. The first-order valence-corrected chi connectivity index (χ1v) is 9.43. The van der Waals surface area contributed by atoms with Gasteiger partial charge in [-0.3, -0.25) is 0 Å². The molecule has 2 heteroatoms. The predicted molar refractivity (Wildman–Crippen MR) is 115 cm³/mol. The maximum Gasteiger partial charge on any atom is 0.119 e. The molecular formula is C26H22O2. The van der Waals surface area contributed by atoms with Crippen molar-refractivity contribution in [2.75, 3.05) is 13.2 Å². The van der Waals surface area contributed by atoms with Crippen LogP contribution >= 0.6 is 0 Å². The Labute approximate surface area is 165 Å². The lowest BCUT2D eigenvalue weighted by atomic mass is 9.98. The maximum absolute atomic E-state index is 8.83. The molecule has 0 unspecified atom stereocenters. The van der Waals surface area contributed by atoms with Crippen molar-refractivity contribution in [2.24, 2.45) is 0 Å². The van der Waals surface area contributed by atoms with Crippen LogP contribution in [0.4, 0.5) is 0 Å². The Balaban J connectivity index is 1.50. The van der Waals surface area contributed by atoms with Crippen LogP contribution in [-0.2, 0) is 0 Å². The zero-order valence-corrected chi connectivity index (χ0v) is 15.6. The van der Waals surface area contributed by atoms with Gasteiger partial charge in [0.05, 0.1) is 6.61 Å². The number of aliphatic hydroxyl groups is 1. The lowest BCUT2D eigenvalue weighted by molar-refractivity contribution is 0.201. The number of rotatable bonds is 6. The van der Waals surface area contributed by atoms with Crippen LogP contribution in [0.15, 0.2) is 103 Å². The number of hydrogen-bond donors (Lipinski definition) is 1. The van der Waals surface area contributed by atoms with Crippen LogP contribution in [-0.4, -0.2) is 18.3 Å². The van der Waals surface area contributed by atoms with E-state index in [2.05, 4.69) is 72.8 Å². The third-order valence-electron chi connectivity index (χ3n) is 4.76. The second-order valence-electron chi connectivity index (χ2n) is 6.62. The zero-order valence-electron chi connectivity index (χ0n) is 15.6. The molecule has 0 atom stereocenters. The summed E-state index contributed by atoms with van der Waals surface area (Å²) in [6, 6.07) is 35.6. The molecule has 0 spiro atoms. The van der Waals surface area contributed by atoms with Crippen LogP contribution in [0.5, 0.6) is 5.75 Å². The largest absolute Gasteiger partial charge is 0.491 e. The second-order valence-corrected chi connectivity index (χ2v) is 6.62. The fourth-order valence-corrected chi connectivity index (χ4v) is 3.25. The molecule has 0 radical (unpaired) electrons. The number of hydrogen-bond acceptors (Lipinski definition) is 2. The average Bonchev–Trinajstić information content (AvgIpc) is 2.79. The normalized spacial score (nSPS) is 10.6. The van der Waals surface area contributed by atoms with E-state index >= 15 is 0 Å². The molecule has 2 nitrogen and oxygen atoms in total. The van der Waals surface area contributed by atoms with Crippen LogP contribution in [0, 0.1) is 0 Å². The molecule has 0 bridgehead atoms. The summed E-state index contributed by atoms with van der Waals surface area (Å²) >= 11 is 0. The van der Waals surface area contributed by atoms with E-state index < -0.39 is 0 Å². The van der Waals surface area contributed by atoms with E-state index in [0.717, 1.165) is 11.3 Å². The minimum absolute atomic E-state index is 0.0234. The van der Waals surface area contributed by atoms with Crippen LogP contribution in [0.2, 0.25) is 0 Å². The predicted octanol–water partition coefficient (Wildman–Crippen LogP) is 6.06. The minimum Gasteiger partial charge on any atom is -0.491 e. The highest BCUT2D eigenvalue weighted by Gasteiger charge is 2.03. The monoisotopic (exact) mass is 366 g/mol. The van der Waals surface area contributed by atoms with Crippen molar-refractivity contribution in [3.8, 4) is 39.1 Å². The highest BCUT2D eigenvalue weighted by Crippen LogP contribution is 2.28. The van der Waals surface area contributed by atoms with Gasteiger partial charge >= 0.3 is 0 Å². The molecule has 0 fully saturated rings. The molecule has 0 aliphatic heterocycles. The van der Waals surface area contributed by atoms with Crippen LogP contribution in [0.1, 0.15) is 0 Å². The first-order chi connectivity index (χ1) is 13.8. The Morgan fingerprint density at radius 1 is 0.464 bits per heavy atom. The molecular weight excluding hydrogens is 344 g/mol. The molecule has 0 aliphatic carbocycles. The summed E-state index contributed by atoms with van der Waals surface area (Å²) in [5.41, 5.74) is 7.17. The third-order valence-corrected chi connectivity index (χ3v) is 4.76. The Kier molecular flexibility index (Phi) is 5.51. The zero-order chi connectivity index (χ0) is 19.2. The van der Waals surface area contributed by atoms with Crippen molar-refractivity contribution in [2.45, 2.75) is 0 Å². The van der Waals surface area contributed by atoms with Crippen molar-refractivity contribution in [3.63, 3.8) is 0 Å². The van der Waals surface area contributed by atoms with Gasteiger partial charge < -0.3 is 9.84 Å². The molecule has 28 heavy (non-hydrogen) atoms. The quantitative estimate of drug-likeness (QED) is 0.449. The van der Waals surface area contributed by atoms with Crippen LogP contribution < -0.4 is 4.74 Å². The SMILES string of the molecule is OCCOc1ccc(-c2ccc(-c3ccc(-c4ccccc4)cc3)cc2)cc1. The summed E-state index contributed by atoms with van der Waals surface area (Å²) in [6.07, 6.45) is 0. The summed E-state index contributed by atoms with van der Waals surface area (Å²) in [6.45, 7) is 0.340. The fraction of sp³-hybridized carbons (Fsp3) is 0.0769. The fourth-order valence-electron chi connectivity index (χ4n) is 3.25. The minimum atomic E-state index is 0.0234. The molecule has 0 saturated carbocycles. The lowest BCUT2D eigenvalue weighted by Crippen LogP contribution is -2.01. The van der Waals surface area contributed by atoms with Crippen molar-refractivity contribution < 1.29 is 9.84 Å². The molecule has 4 rings (SSSR count). The Hall–Kier alpha value is -3.36. The molecule has 0 amide bonds. The highest BCUT2D eigenvalue weighted by molar-refractivity contribution is 5.73. The van der Waals surface area contributed by atoms with E-state index in [0.29, 0.717) is 6.61 Å². The molecule has 138 valence electrons. The summed E-state index contributed by atoms with van der Waals surface area (Å²) in [4.78, 5) is 0. The van der Waals surface area contributed by atoms with Gasteiger partial charge in [-0.2, -0.15) is 0 Å². The van der Waals surface area contributed by atoms with Gasteiger partial charge in [-0.1, -0.05) is 91.0 Å². The maximum atomic E-state index is 8.83. The van der Waals surface area contributed by atoms with Gasteiger partial charge in [0.15, 0.2) is 0 Å². The van der Waals surface area contributed by atoms with Crippen LogP contribution in [0.25, 0.3) is 33.4 Å². The number of benzene rings is 4. The van der Waals surface area contributed by atoms with Crippen LogP contribution in [0.3, 0.4) is 0 Å². The van der Waals surface area contributed by atoms with Gasteiger partial charge in [0.25, 0.3) is 0 Å². The van der Waals surface area contributed by atoms with Gasteiger partial charge in [0.1, 0.15) is 12.4 Å². The Bertz CT molecular complexity index is 1000. The standard InChI is InChI=1S/C26H22O2/c27-18-19-28-26-16-14-25(15-17-26)24-12-10-23(11-13-24)22-8-6-21(7-9-22)20-4-2-1-3-5-20/h1-17,27H,18-19H2. The molecule has 4 aromatic carbocycles. The van der Waals surface area contributed by atoms with E-state index in [9.17, 15) is 0 Å². The summed E-state index contributed by atoms with van der Waals surface area (Å²) in [5.74, 6) is 0.771. The van der Waals surface area contributed by atoms with Gasteiger partial charge in [-0.15, -0.1) is 0 Å². The average molecular weight is 366 g/mol. The lowest BCUT2D eigenvalue weighted by Gasteiger charge is -2.08. The Morgan fingerprint density at radius 3 is 1.21 bits per heavy atom. The number of aliphatic hydroxyl groups excluding tert-OH is 1. The van der Waals surface area contributed by atoms with Gasteiger partial charge in [0.2, 0.25) is 0 Å². The third kappa shape index (κ3) is 4.13. The molecule has 1 N–H and O–H groups in total. The van der Waals surface area contributed by atoms with E-state index in [1.807, 2.05) is 30.3 Å². The Morgan fingerprint density at radius 2 is 0.821 bits per heavy atom. The summed E-state index contributed by atoms with van der Waals surface area (Å²) < 4.78 is 5.41. The van der Waals surface area contributed by atoms with E-state index in [1.54, 1.807) is 0 Å². The molecule has 0 aliphatic rings. The van der Waals surface area contributed by atoms with Gasteiger partial charge in [-0.05, 0) is 45.5 Å². The van der Waals surface area contributed by atoms with Gasteiger partial charge in [-0.25, -0.2) is 0 Å². The molecule has 4 aromatic rings. The second kappa shape index (κ2) is 8.55. The first-order valence-electron chi connectivity index (χ1n) is 9.43. The first kappa shape index (κ1) is 18.0. The van der Waals surface area contributed by atoms with E-state index in [4.69, 9.17) is 9.84 Å². The summed E-state index contributed by atoms with van der Waals surface area (Å²) in [7, 11) is 0. The van der Waals surface area contributed by atoms with E-state index in [1.165, 1.54) is 27.8 Å². The molecule has 0 aromatic heterocycles. The highest BCUT2D eigenvalue weighted by atomic mass is 16.5. The van der Waals surface area contributed by atoms with E-state index in [-0.39, 0.29) is 6.61 Å². The smallest absolute Gasteiger partial charge is 0.119 e. The van der Waals surface area contributed by atoms with Crippen molar-refractivity contribution in [1.82, 2.24) is 0 Å². The topological polar surface area (TPSA) is 29.5 Å². The van der Waals surface area contributed by atoms with Crippen molar-refractivity contribution >= 4 is 0 Å². The van der Waals surface area contributed by atoms with Crippen molar-refractivity contribution in [3.05, 3.63) is 103 Å². The molecule has 0 saturated heterocycles. The number of ether oxygens (including phenoxy) is 1. The van der Waals surface area contributed by atoms with Crippen molar-refractivity contribution in [1.29, 1.82) is 0 Å². The summed E-state index contributed by atoms with van der Waals surface area (Å²) in [5, 5.41) is 8.83.